The first-order valence-corrected chi connectivity index (χ1v) is 9.71. The zero-order valence-corrected chi connectivity index (χ0v) is 17.5. The molecule has 1 aliphatic rings. The molecule has 3 rings (SSSR count). The summed E-state index contributed by atoms with van der Waals surface area (Å²) in [6.45, 7) is 12.5. The Labute approximate surface area is 167 Å². The van der Waals surface area contributed by atoms with Crippen LogP contribution in [0, 0.1) is 33.6 Å². The predicted molar refractivity (Wildman–Crippen MR) is 114 cm³/mol. The molecule has 0 aromatic heterocycles. The molecule has 28 heavy (non-hydrogen) atoms. The van der Waals surface area contributed by atoms with Crippen molar-refractivity contribution in [2.75, 3.05) is 11.9 Å². The molecule has 0 bridgehead atoms. The fourth-order valence-electron chi connectivity index (χ4n) is 3.66. The zero-order chi connectivity index (χ0) is 20.6. The molecule has 2 aromatic rings. The van der Waals surface area contributed by atoms with Gasteiger partial charge >= 0.3 is 0 Å². The van der Waals surface area contributed by atoms with Crippen LogP contribution in [0.15, 0.2) is 42.1 Å². The van der Waals surface area contributed by atoms with Gasteiger partial charge in [-0.05, 0) is 56.4 Å². The van der Waals surface area contributed by atoms with E-state index in [1.165, 1.54) is 4.90 Å². The number of nitrogens with zero attached hydrogens (tertiary/aromatic N) is 1. The average molecular weight is 377 g/mol. The predicted octanol–water partition coefficient (Wildman–Crippen LogP) is 4.77. The summed E-state index contributed by atoms with van der Waals surface area (Å²) in [6, 6.07) is 12.0. The van der Waals surface area contributed by atoms with Gasteiger partial charge in [0.25, 0.3) is 11.8 Å². The molecule has 2 amide bonds. The van der Waals surface area contributed by atoms with E-state index in [1.807, 2.05) is 71.9 Å². The molecule has 0 spiro atoms. The lowest BCUT2D eigenvalue weighted by Crippen LogP contribution is -2.35. The van der Waals surface area contributed by atoms with E-state index in [2.05, 4.69) is 11.4 Å². The summed E-state index contributed by atoms with van der Waals surface area (Å²) in [5, 5.41) is 3.28. The van der Waals surface area contributed by atoms with E-state index in [0.717, 1.165) is 33.5 Å². The van der Waals surface area contributed by atoms with Crippen LogP contribution in [0.5, 0.6) is 0 Å². The van der Waals surface area contributed by atoms with E-state index in [9.17, 15) is 9.59 Å². The average Bonchev–Trinajstić information content (AvgIpc) is 2.82. The molecule has 0 fully saturated rings. The minimum Gasteiger partial charge on any atom is -0.350 e. The molecule has 0 aliphatic carbocycles. The molecule has 4 heteroatoms. The molecule has 0 unspecified atom stereocenters. The first-order chi connectivity index (χ1) is 13.2. The van der Waals surface area contributed by atoms with Gasteiger partial charge in [-0.25, -0.2) is 0 Å². The highest BCUT2D eigenvalue weighted by Gasteiger charge is 2.39. The minimum atomic E-state index is -0.256. The highest BCUT2D eigenvalue weighted by molar-refractivity contribution is 6.36. The van der Waals surface area contributed by atoms with Gasteiger partial charge < -0.3 is 5.32 Å². The summed E-state index contributed by atoms with van der Waals surface area (Å²) >= 11 is 0. The van der Waals surface area contributed by atoms with E-state index >= 15 is 0 Å². The van der Waals surface area contributed by atoms with Crippen LogP contribution >= 0.6 is 0 Å². The summed E-state index contributed by atoms with van der Waals surface area (Å²) in [6.07, 6.45) is 0. The molecule has 1 aliphatic heterocycles. The number of hydrogen-bond acceptors (Lipinski definition) is 3. The fraction of sp³-hybridized carbons (Fsp3) is 0.333. The smallest absolute Gasteiger partial charge is 0.278 e. The first-order valence-electron chi connectivity index (χ1n) is 9.71. The molecule has 146 valence electrons. The molecular weight excluding hydrogens is 348 g/mol. The lowest BCUT2D eigenvalue weighted by Gasteiger charge is -2.18. The number of benzene rings is 2. The summed E-state index contributed by atoms with van der Waals surface area (Å²) in [7, 11) is 0. The molecule has 2 aromatic carbocycles. The van der Waals surface area contributed by atoms with Gasteiger partial charge in [-0.3, -0.25) is 14.5 Å². The van der Waals surface area contributed by atoms with Crippen molar-refractivity contribution in [3.05, 3.63) is 69.9 Å². The van der Waals surface area contributed by atoms with Crippen LogP contribution in [0.1, 0.15) is 41.7 Å². The number of rotatable bonds is 5. The van der Waals surface area contributed by atoms with Gasteiger partial charge in [-0.1, -0.05) is 55.3 Å². The normalized spacial score (nSPS) is 14.5. The van der Waals surface area contributed by atoms with Gasteiger partial charge in [-0.2, -0.15) is 0 Å². The van der Waals surface area contributed by atoms with E-state index in [-0.39, 0.29) is 17.7 Å². The second-order valence-corrected chi connectivity index (χ2v) is 8.13. The molecule has 0 radical (unpaired) electrons. The van der Waals surface area contributed by atoms with Crippen LogP contribution in [0.3, 0.4) is 0 Å². The maximum absolute atomic E-state index is 13.2. The van der Waals surface area contributed by atoms with Crippen LogP contribution in [-0.4, -0.2) is 23.3 Å². The molecule has 0 saturated heterocycles. The van der Waals surface area contributed by atoms with Gasteiger partial charge in [0.1, 0.15) is 5.70 Å². The zero-order valence-electron chi connectivity index (χ0n) is 17.5. The van der Waals surface area contributed by atoms with Gasteiger partial charge in [-0.15, -0.1) is 0 Å². The van der Waals surface area contributed by atoms with Crippen molar-refractivity contribution >= 4 is 23.1 Å². The summed E-state index contributed by atoms with van der Waals surface area (Å²) in [4.78, 5) is 27.8. The molecule has 1 N–H and O–H groups in total. The fourth-order valence-corrected chi connectivity index (χ4v) is 3.66. The van der Waals surface area contributed by atoms with Gasteiger partial charge in [0.2, 0.25) is 0 Å². The maximum atomic E-state index is 13.2. The number of nitrogens with one attached hydrogen (secondary N) is 1. The Balaban J connectivity index is 2.13. The highest BCUT2D eigenvalue weighted by atomic mass is 16.2. The van der Waals surface area contributed by atoms with Gasteiger partial charge in [0, 0.05) is 12.2 Å². The Kier molecular flexibility index (Phi) is 5.41. The van der Waals surface area contributed by atoms with Crippen LogP contribution in [0.2, 0.25) is 0 Å². The number of imide groups is 1. The first kappa shape index (κ1) is 19.9. The van der Waals surface area contributed by atoms with Crippen LogP contribution in [-0.2, 0) is 9.59 Å². The SMILES string of the molecule is Cc1ccc(NC2=C(c3ccc(C)cc3C)C(=O)N(CC(C)C)C2=O)c(C)c1. The number of carbonyl (C=O) groups excluding carboxylic acids is 2. The number of amides is 2. The highest BCUT2D eigenvalue weighted by Crippen LogP contribution is 2.33. The Morgan fingerprint density at radius 3 is 2.04 bits per heavy atom. The Morgan fingerprint density at radius 2 is 1.46 bits per heavy atom. The van der Waals surface area contributed by atoms with Crippen molar-refractivity contribution in [2.24, 2.45) is 5.92 Å². The van der Waals surface area contributed by atoms with Crippen molar-refractivity contribution in [1.29, 1.82) is 0 Å². The topological polar surface area (TPSA) is 49.4 Å². The lowest BCUT2D eigenvalue weighted by atomic mass is 9.97. The van der Waals surface area contributed by atoms with Crippen molar-refractivity contribution in [1.82, 2.24) is 4.90 Å². The van der Waals surface area contributed by atoms with Crippen molar-refractivity contribution in [3.8, 4) is 0 Å². The Hall–Kier alpha value is -2.88. The van der Waals surface area contributed by atoms with Crippen LogP contribution < -0.4 is 5.32 Å². The lowest BCUT2D eigenvalue weighted by molar-refractivity contribution is -0.137. The third-order valence-corrected chi connectivity index (χ3v) is 5.01. The second-order valence-electron chi connectivity index (χ2n) is 8.13. The van der Waals surface area contributed by atoms with E-state index in [0.29, 0.717) is 17.8 Å². The summed E-state index contributed by atoms with van der Waals surface area (Å²) in [5.41, 5.74) is 6.78. The number of aryl methyl sites for hydroxylation is 4. The molecular formula is C24H28N2O2. The van der Waals surface area contributed by atoms with Gasteiger partial charge in [0.15, 0.2) is 0 Å². The van der Waals surface area contributed by atoms with E-state index in [4.69, 9.17) is 0 Å². The van der Waals surface area contributed by atoms with E-state index in [1.54, 1.807) is 0 Å². The van der Waals surface area contributed by atoms with Crippen molar-refractivity contribution in [3.63, 3.8) is 0 Å². The third-order valence-electron chi connectivity index (χ3n) is 5.01. The quantitative estimate of drug-likeness (QED) is 0.765. The van der Waals surface area contributed by atoms with Crippen LogP contribution in [0.4, 0.5) is 5.69 Å². The molecule has 0 saturated carbocycles. The number of hydrogen-bond donors (Lipinski definition) is 1. The monoisotopic (exact) mass is 376 g/mol. The van der Waals surface area contributed by atoms with Crippen molar-refractivity contribution in [2.45, 2.75) is 41.5 Å². The van der Waals surface area contributed by atoms with Crippen LogP contribution in [0.25, 0.3) is 5.57 Å². The Morgan fingerprint density at radius 1 is 0.857 bits per heavy atom. The van der Waals surface area contributed by atoms with Gasteiger partial charge in [0.05, 0.1) is 5.57 Å². The molecule has 4 nitrogen and oxygen atoms in total. The summed E-state index contributed by atoms with van der Waals surface area (Å²) in [5.74, 6) is -0.278. The maximum Gasteiger partial charge on any atom is 0.278 e. The molecule has 0 atom stereocenters. The summed E-state index contributed by atoms with van der Waals surface area (Å²) < 4.78 is 0. The minimum absolute atomic E-state index is 0.203. The second kappa shape index (κ2) is 7.63. The largest absolute Gasteiger partial charge is 0.350 e. The number of anilines is 1. The van der Waals surface area contributed by atoms with E-state index < -0.39 is 0 Å². The third kappa shape index (κ3) is 3.72. The number of carbonyl (C=O) groups is 2. The van der Waals surface area contributed by atoms with Crippen molar-refractivity contribution < 1.29 is 9.59 Å². The standard InChI is InChI=1S/C24H28N2O2/c1-14(2)13-26-23(27)21(19-9-7-15(3)11-17(19)5)22(24(26)28)25-20-10-8-16(4)12-18(20)6/h7-12,14,25H,13H2,1-6H3. The Bertz CT molecular complexity index is 986. The molecule has 1 heterocycles.